The van der Waals surface area contributed by atoms with Crippen LogP contribution in [0.3, 0.4) is 0 Å². The van der Waals surface area contributed by atoms with Crippen LogP contribution in [0.4, 0.5) is 53.1 Å². The Morgan fingerprint density at radius 3 is 1.10 bits per heavy atom. The van der Waals surface area contributed by atoms with Gasteiger partial charge >= 0.3 is 24.8 Å². The number of carbonyl (C=O) groups is 12. The van der Waals surface area contributed by atoms with E-state index in [-0.39, 0.29) is 99.2 Å². The summed E-state index contributed by atoms with van der Waals surface area (Å²) in [7, 11) is 0. The van der Waals surface area contributed by atoms with E-state index in [2.05, 4.69) is 42.0 Å². The molecule has 1 saturated carbocycles. The Kier molecular flexibility index (Phi) is 36.1. The summed E-state index contributed by atoms with van der Waals surface area (Å²) in [6, 6.07) is 57.6. The van der Waals surface area contributed by atoms with Crippen molar-refractivity contribution >= 4 is 70.9 Å². The van der Waals surface area contributed by atoms with Crippen LogP contribution < -0.4 is 67.4 Å². The van der Waals surface area contributed by atoms with Gasteiger partial charge in [-0.15, -0.1) is 13.2 Å². The topological polar surface area (TPSA) is 365 Å². The van der Waals surface area contributed by atoms with Gasteiger partial charge in [0.05, 0.1) is 12.6 Å². The van der Waals surface area contributed by atoms with Gasteiger partial charge < -0.3 is 77.0 Å². The zero-order valence-electron chi connectivity index (χ0n) is 75.8. The molecule has 140 heavy (non-hydrogen) atoms. The quantitative estimate of drug-likeness (QED) is 0.0317. The fraction of sp³-hybridized carbons (Fsp3) is 0.353. The number of nitrogens with zero attached hydrogens (tertiary/aromatic N) is 1. The normalized spacial score (nSPS) is 20.1. The molecule has 14 rings (SSSR count). The first kappa shape index (κ1) is 104. The van der Waals surface area contributed by atoms with E-state index in [0.29, 0.717) is 90.8 Å². The van der Waals surface area contributed by atoms with Gasteiger partial charge in [0.1, 0.15) is 89.9 Å². The number of amides is 11. The van der Waals surface area contributed by atoms with Crippen LogP contribution >= 0.6 is 0 Å². The number of ether oxygens (including phenoxy) is 4. The Balaban J connectivity index is 0.000000188. The summed E-state index contributed by atoms with van der Waals surface area (Å²) in [4.78, 5) is 161. The molecule has 0 spiro atoms. The smallest absolute Gasteiger partial charge is 0.457 e. The number of alkyl halides is 11. The third kappa shape index (κ3) is 34.1. The molecule has 0 unspecified atom stereocenters. The molecule has 5 aliphatic rings. The maximum absolute atomic E-state index is 13.9. The van der Waals surface area contributed by atoms with Crippen molar-refractivity contribution in [3.8, 4) is 34.5 Å². The molecule has 27 nitrogen and oxygen atoms in total. The fourth-order valence-corrected chi connectivity index (χ4v) is 16.1. The lowest BCUT2D eigenvalue weighted by Crippen LogP contribution is -2.58. The molecule has 9 aromatic rings. The van der Waals surface area contributed by atoms with Crippen molar-refractivity contribution in [1.29, 1.82) is 0 Å². The lowest BCUT2D eigenvalue weighted by atomic mass is 9.89. The van der Waals surface area contributed by atoms with Gasteiger partial charge in [-0.2, -0.15) is 26.3 Å². The fourth-order valence-electron chi connectivity index (χ4n) is 16.1. The average Bonchev–Trinajstić information content (AvgIpc) is 1.45. The molecular weight excluding hydrogens is 1840 g/mol. The Bertz CT molecular complexity index is 5830. The summed E-state index contributed by atoms with van der Waals surface area (Å²) in [6.07, 6.45) is -13.5. The Morgan fingerprint density at radius 1 is 0.379 bits per heavy atom. The van der Waals surface area contributed by atoms with Gasteiger partial charge in [0, 0.05) is 70.3 Å². The minimum atomic E-state index is -5.36. The number of halogens is 11. The summed E-state index contributed by atoms with van der Waals surface area (Å²) in [6.45, 7) is -3.06. The molecule has 9 aromatic carbocycles. The van der Waals surface area contributed by atoms with E-state index in [1.807, 2.05) is 95.6 Å². The predicted octanol–water partition coefficient (Wildman–Crippen LogP) is 13.3. The van der Waals surface area contributed by atoms with Gasteiger partial charge in [-0.05, 0) is 187 Å². The van der Waals surface area contributed by atoms with E-state index in [1.165, 1.54) is 29.2 Å². The van der Waals surface area contributed by atoms with Crippen molar-refractivity contribution in [3.05, 3.63) is 287 Å². The van der Waals surface area contributed by atoms with Gasteiger partial charge in [-0.1, -0.05) is 164 Å². The molecule has 4 heterocycles. The van der Waals surface area contributed by atoms with Gasteiger partial charge in [0.25, 0.3) is 5.92 Å². The molecule has 2 fully saturated rings. The first-order valence-electron chi connectivity index (χ1n) is 45.4. The number of hydrogen-bond donors (Lipinski definition) is 10. The van der Waals surface area contributed by atoms with E-state index < -0.39 is 152 Å². The molecule has 0 radical (unpaired) electrons. The number of fused-ring (bicyclic) bond motifs is 12. The second-order valence-electron chi connectivity index (χ2n) is 34.7. The van der Waals surface area contributed by atoms with Crippen LogP contribution in [0, 0.1) is 11.8 Å². The van der Waals surface area contributed by atoms with E-state index in [9.17, 15) is 106 Å². The molecule has 1 saturated heterocycles. The van der Waals surface area contributed by atoms with Crippen LogP contribution in [0.5, 0.6) is 34.5 Å². The third-order valence-corrected chi connectivity index (χ3v) is 23.2. The first-order chi connectivity index (χ1) is 66.7. The minimum Gasteiger partial charge on any atom is -0.457 e. The van der Waals surface area contributed by atoms with Gasteiger partial charge in [-0.25, -0.2) is 13.6 Å². The summed E-state index contributed by atoms with van der Waals surface area (Å²) in [5.41, 5.74) is 6.09. The van der Waals surface area contributed by atoms with E-state index in [4.69, 9.17) is 14.2 Å². The van der Waals surface area contributed by atoms with Crippen molar-refractivity contribution < 1.29 is 125 Å². The number of rotatable bonds is 20. The highest BCUT2D eigenvalue weighted by atomic mass is 19.4. The first-order valence-corrected chi connectivity index (χ1v) is 45.4. The highest BCUT2D eigenvalue weighted by Gasteiger charge is 2.42. The third-order valence-electron chi connectivity index (χ3n) is 23.2. The predicted molar refractivity (Wildman–Crippen MR) is 489 cm³/mol. The number of alkyl carbamates (subject to hydrolysis) is 1. The summed E-state index contributed by atoms with van der Waals surface area (Å²) >= 11 is 0. The minimum absolute atomic E-state index is 0.00349. The molecule has 1 aliphatic carbocycles. The Labute approximate surface area is 798 Å². The lowest BCUT2D eigenvalue weighted by Gasteiger charge is -2.30. The maximum Gasteiger partial charge on any atom is 0.576 e. The van der Waals surface area contributed by atoms with Gasteiger partial charge in [0.2, 0.25) is 59.1 Å². The number of likely N-dealkylation sites (tertiary alicyclic amines) is 1. The number of carbonyl (C=O) groups excluding carboxylic acids is 12. The van der Waals surface area contributed by atoms with Gasteiger partial charge in [0.15, 0.2) is 5.78 Å². The van der Waals surface area contributed by atoms with Gasteiger partial charge in [-0.3, -0.25) is 52.7 Å². The number of aryl methyl sites for hydroxylation is 3. The largest absolute Gasteiger partial charge is 0.576 e. The number of ketones is 1. The van der Waals surface area contributed by atoms with Crippen LogP contribution in [-0.4, -0.2) is 175 Å². The number of hydrogen-bond acceptors (Lipinski definition) is 16. The van der Waals surface area contributed by atoms with Crippen LogP contribution in [-0.2, 0) is 115 Å². The monoisotopic (exact) mass is 1950 g/mol. The van der Waals surface area contributed by atoms with Crippen molar-refractivity contribution in [2.45, 2.75) is 189 Å². The van der Waals surface area contributed by atoms with Crippen LogP contribution in [0.1, 0.15) is 108 Å². The summed E-state index contributed by atoms with van der Waals surface area (Å²) < 4.78 is 165. The van der Waals surface area contributed by atoms with Crippen molar-refractivity contribution in [2.75, 3.05) is 26.2 Å². The number of nitrogens with one attached hydrogen (secondary N) is 10. The Morgan fingerprint density at radius 2 is 0.736 bits per heavy atom. The van der Waals surface area contributed by atoms with E-state index >= 15 is 0 Å². The van der Waals surface area contributed by atoms with Crippen molar-refractivity contribution in [2.24, 2.45) is 11.8 Å². The highest BCUT2D eigenvalue weighted by Crippen LogP contribution is 2.34. The highest BCUT2D eigenvalue weighted by molar-refractivity contribution is 5.98. The zero-order chi connectivity index (χ0) is 100. The molecule has 740 valence electrons. The number of benzene rings is 9. The standard InChI is InChI=1S/C36H39F2N3O5.C34H35F3N4O5.C32H30F6N4O6/c1-36(37,38)22-39-35(45)31-20-25-10-6-12-29(18-25)46-28-11-5-9-24(17-28)19-30(40-33(43)26-15-16-26)32(42)21-27(34(44)41-31)14-13-23-7-3-2-4-8-23;35-34(36,37)21-38-31(43)28-19-23-9-4-11-25(17-23)46-26-12-5-10-24(18-26)20-29(41-16-6-13-30(41)42)33(45)39-27(32(44)40-28)15-14-22-7-2-1-3-8-22;33-31(34,35)18-39-27(43)25-16-20-8-4-10-22(14-20)47-23-11-5-9-21(15-23)17-26(42-30(46)48-32(36,37)38)29(45)40-24(28(44)41-25)13-12-19-6-2-1-3-7-19/h2-12,17-18,26-27,30-31H,13-16,19-22H2,1H3,(H,39,45)(H,40,43)(H,41,44);1-5,7-12,17-18,27-29H,6,13-16,19-21H2,(H,38,43)(H,39,45)(H,40,44);1-11,14-15,24-26H,12-13,16-18H2,(H,39,43)(H,40,45)(H,41,44)(H,42,46)/t27-,30+,31+;27-,28-,29-;24-,25-,26-/m100/s1. The maximum atomic E-state index is 13.9. The zero-order valence-corrected chi connectivity index (χ0v) is 75.8. The summed E-state index contributed by atoms with van der Waals surface area (Å²) in [5, 5.41) is 23.7. The van der Waals surface area contributed by atoms with Crippen molar-refractivity contribution in [1.82, 2.24) is 58.1 Å². The Hall–Kier alpha value is -14.8. The molecule has 10 N–H and O–H groups in total. The molecule has 4 aliphatic heterocycles. The van der Waals surface area contributed by atoms with Crippen LogP contribution in [0.15, 0.2) is 237 Å². The molecule has 9 atom stereocenters. The van der Waals surface area contributed by atoms with Crippen LogP contribution in [0.2, 0.25) is 0 Å². The molecular formula is C102H104F11N11O16. The summed E-state index contributed by atoms with van der Waals surface area (Å²) in [5.74, 6) is -9.24. The molecule has 11 amide bonds. The second kappa shape index (κ2) is 48.5. The molecule has 0 aromatic heterocycles. The van der Waals surface area contributed by atoms with E-state index in [0.717, 1.165) is 40.7 Å². The second-order valence-corrected chi connectivity index (χ2v) is 34.7. The molecule has 12 bridgehead atoms. The number of Topliss-reactive ketones (excluding diaryl/α,β-unsaturated/α-hetero) is 1. The lowest BCUT2D eigenvalue weighted by molar-refractivity contribution is -0.291. The SMILES string of the molecule is CC(F)(F)CNC(=O)[C@@H]1Cc2cccc(c2)Oc2cccc(c2)C[C@H](NC(=O)C2CC2)C(=O)C[C@@H](CCc2ccccc2)C(=O)N1.O=C(NCC(F)(F)F)[C@@H]1Cc2cccc(c2)Oc2cccc(c2)C[C@H](N2CCCC2=O)C(=O)N[C@@H](CCc2ccccc2)C(=O)N1.O=C(N[C@H]1Cc2cccc(c2)Oc2cccc(c2)C[C@@H](C(=O)NCC(F)(F)F)NC(=O)[C@H](CCc2ccccc2)NC1=O)OC(F)(F)F. The van der Waals surface area contributed by atoms with Crippen molar-refractivity contribution in [3.63, 3.8) is 0 Å². The average molecular weight is 1950 g/mol. The molecule has 38 heteroatoms. The van der Waals surface area contributed by atoms with E-state index in [1.54, 1.807) is 133 Å². The van der Waals surface area contributed by atoms with Crippen LogP contribution in [0.25, 0.3) is 0 Å².